The Bertz CT molecular complexity index is 994. The zero-order chi connectivity index (χ0) is 20.8. The van der Waals surface area contributed by atoms with Crippen molar-refractivity contribution in [3.63, 3.8) is 0 Å². The van der Waals surface area contributed by atoms with Gasteiger partial charge in [-0.2, -0.15) is 0 Å². The largest absolute Gasteiger partial charge is 0.495 e. The van der Waals surface area contributed by atoms with Gasteiger partial charge in [0.25, 0.3) is 0 Å². The van der Waals surface area contributed by atoms with Crippen LogP contribution in [0.2, 0.25) is 5.02 Å². The Hall–Kier alpha value is -2.91. The maximum atomic E-state index is 12.2. The first-order valence-corrected chi connectivity index (χ1v) is 10.1. The number of thioether (sulfide) groups is 1. The highest BCUT2D eigenvalue weighted by Gasteiger charge is 2.14. The molecule has 0 spiro atoms. The van der Waals surface area contributed by atoms with E-state index < -0.39 is 0 Å². The number of rotatable bonds is 8. The number of aromatic nitrogens is 3. The van der Waals surface area contributed by atoms with Crippen LogP contribution in [0.3, 0.4) is 0 Å². The monoisotopic (exact) mass is 433 g/mol. The summed E-state index contributed by atoms with van der Waals surface area (Å²) in [5.74, 6) is 7.80. The minimum absolute atomic E-state index is 0.113. The Labute approximate surface area is 177 Å². The van der Waals surface area contributed by atoms with Crippen molar-refractivity contribution in [2.24, 2.45) is 0 Å². The summed E-state index contributed by atoms with van der Waals surface area (Å²) in [6, 6.07) is 12.4. The summed E-state index contributed by atoms with van der Waals surface area (Å²) in [5, 5.41) is 11.8. The average Bonchev–Trinajstić information content (AvgIpc) is 3.08. The molecule has 1 aromatic heterocycles. The van der Waals surface area contributed by atoms with Crippen molar-refractivity contribution in [3.05, 3.63) is 47.5 Å². The molecule has 8 nitrogen and oxygen atoms in total. The molecule has 0 aliphatic rings. The van der Waals surface area contributed by atoms with Gasteiger partial charge in [0.05, 0.1) is 24.5 Å². The molecule has 3 rings (SSSR count). The number of carbonyl (C=O) groups is 1. The number of nitrogens with one attached hydrogen (secondary N) is 1. The molecule has 10 heteroatoms. The number of methoxy groups -OCH3 is 1. The molecule has 152 valence electrons. The molecule has 3 N–H and O–H groups in total. The van der Waals surface area contributed by atoms with Crippen LogP contribution in [0.4, 0.5) is 5.69 Å². The van der Waals surface area contributed by atoms with Gasteiger partial charge in [0, 0.05) is 11.3 Å². The number of halogens is 1. The highest BCUT2D eigenvalue weighted by atomic mass is 35.5. The number of hydrogen-bond donors (Lipinski definition) is 2. The second-order valence-electron chi connectivity index (χ2n) is 5.82. The molecule has 1 amide bonds. The third-order valence-corrected chi connectivity index (χ3v) is 5.09. The second-order valence-corrected chi connectivity index (χ2v) is 7.17. The van der Waals surface area contributed by atoms with Crippen molar-refractivity contribution < 1.29 is 14.3 Å². The smallest absolute Gasteiger partial charge is 0.234 e. The minimum Gasteiger partial charge on any atom is -0.495 e. The summed E-state index contributed by atoms with van der Waals surface area (Å²) >= 11 is 7.25. The summed E-state index contributed by atoms with van der Waals surface area (Å²) in [5.41, 5.74) is 1.37. The standard InChI is InChI=1S/C19H20ClN5O3S/c1-3-28-14-7-4-12(5-8-14)18-23-24-19(25(18)21)29-11-17(26)22-13-6-9-16(27-2)15(20)10-13/h4-10H,3,11,21H2,1-2H3,(H,22,26). The maximum absolute atomic E-state index is 12.2. The van der Waals surface area contributed by atoms with Crippen molar-refractivity contribution in [2.45, 2.75) is 12.1 Å². The lowest BCUT2D eigenvalue weighted by Gasteiger charge is -2.08. The molecule has 0 aliphatic heterocycles. The molecule has 0 bridgehead atoms. The third-order valence-electron chi connectivity index (χ3n) is 3.86. The van der Waals surface area contributed by atoms with Crippen LogP contribution in [0.25, 0.3) is 11.4 Å². The van der Waals surface area contributed by atoms with E-state index in [2.05, 4.69) is 15.5 Å². The number of anilines is 1. The predicted octanol–water partition coefficient (Wildman–Crippen LogP) is 3.45. The Balaban J connectivity index is 1.61. The van der Waals surface area contributed by atoms with Crippen molar-refractivity contribution in [2.75, 3.05) is 30.6 Å². The molecule has 0 aliphatic carbocycles. The zero-order valence-electron chi connectivity index (χ0n) is 15.9. The fraction of sp³-hybridized carbons (Fsp3) is 0.211. The topological polar surface area (TPSA) is 104 Å². The van der Waals surface area contributed by atoms with Crippen molar-refractivity contribution >= 4 is 35.0 Å². The molecule has 1 heterocycles. The van der Waals surface area contributed by atoms with E-state index in [-0.39, 0.29) is 11.7 Å². The quantitative estimate of drug-likeness (QED) is 0.414. The van der Waals surface area contributed by atoms with E-state index in [1.807, 2.05) is 31.2 Å². The van der Waals surface area contributed by atoms with Gasteiger partial charge >= 0.3 is 0 Å². The number of ether oxygens (including phenoxy) is 2. The maximum Gasteiger partial charge on any atom is 0.234 e. The first-order valence-electron chi connectivity index (χ1n) is 8.71. The number of nitrogens with two attached hydrogens (primary N) is 1. The van der Waals surface area contributed by atoms with Crippen molar-refractivity contribution in [1.82, 2.24) is 14.9 Å². The number of hydrogen-bond acceptors (Lipinski definition) is 7. The molecule has 29 heavy (non-hydrogen) atoms. The summed E-state index contributed by atoms with van der Waals surface area (Å²) in [6.07, 6.45) is 0. The average molecular weight is 434 g/mol. The van der Waals surface area contributed by atoms with E-state index in [4.69, 9.17) is 26.9 Å². The fourth-order valence-electron chi connectivity index (χ4n) is 2.51. The van der Waals surface area contributed by atoms with Crippen LogP contribution in [-0.4, -0.2) is 40.3 Å². The lowest BCUT2D eigenvalue weighted by Crippen LogP contribution is -2.16. The zero-order valence-corrected chi connectivity index (χ0v) is 17.5. The highest BCUT2D eigenvalue weighted by molar-refractivity contribution is 7.99. The Kier molecular flexibility index (Phi) is 6.84. The molecule has 0 saturated carbocycles. The number of nitrogens with zero attached hydrogens (tertiary/aromatic N) is 3. The van der Waals surface area contributed by atoms with Crippen LogP contribution < -0.4 is 20.6 Å². The number of benzene rings is 2. The molecular weight excluding hydrogens is 414 g/mol. The van der Waals surface area contributed by atoms with Crippen molar-refractivity contribution in [1.29, 1.82) is 0 Å². The van der Waals surface area contributed by atoms with Gasteiger partial charge in [-0.05, 0) is 49.4 Å². The van der Waals surface area contributed by atoms with E-state index in [1.165, 1.54) is 23.5 Å². The number of nitrogen functional groups attached to an aromatic ring is 1. The number of carbonyl (C=O) groups excluding carboxylic acids is 1. The Morgan fingerprint density at radius 2 is 2.00 bits per heavy atom. The van der Waals surface area contributed by atoms with E-state index in [0.29, 0.717) is 34.0 Å². The predicted molar refractivity (Wildman–Crippen MR) is 114 cm³/mol. The molecular formula is C19H20ClN5O3S. The molecule has 0 unspecified atom stereocenters. The Morgan fingerprint density at radius 3 is 2.66 bits per heavy atom. The van der Waals surface area contributed by atoms with Crippen molar-refractivity contribution in [3.8, 4) is 22.9 Å². The van der Waals surface area contributed by atoms with Crippen LogP contribution >= 0.6 is 23.4 Å². The number of amides is 1. The molecule has 0 fully saturated rings. The van der Waals surface area contributed by atoms with Gasteiger partial charge in [0.15, 0.2) is 5.82 Å². The molecule has 0 atom stereocenters. The first-order chi connectivity index (χ1) is 14.0. The molecule has 3 aromatic rings. The van der Waals surface area contributed by atoms with Gasteiger partial charge in [0.2, 0.25) is 11.1 Å². The van der Waals surface area contributed by atoms with Gasteiger partial charge in [-0.1, -0.05) is 23.4 Å². The van der Waals surface area contributed by atoms with E-state index in [0.717, 1.165) is 11.3 Å². The lowest BCUT2D eigenvalue weighted by atomic mass is 10.2. The SMILES string of the molecule is CCOc1ccc(-c2nnc(SCC(=O)Nc3ccc(OC)c(Cl)c3)n2N)cc1. The van der Waals surface area contributed by atoms with E-state index in [9.17, 15) is 4.79 Å². The molecule has 2 aromatic carbocycles. The van der Waals surface area contributed by atoms with Gasteiger partial charge in [-0.3, -0.25) is 4.79 Å². The normalized spacial score (nSPS) is 10.6. The van der Waals surface area contributed by atoms with Gasteiger partial charge < -0.3 is 20.6 Å². The van der Waals surface area contributed by atoms with Crippen LogP contribution in [0.5, 0.6) is 11.5 Å². The van der Waals surface area contributed by atoms with E-state index in [1.54, 1.807) is 18.2 Å². The van der Waals surface area contributed by atoms with Crippen LogP contribution in [0.1, 0.15) is 6.92 Å². The lowest BCUT2D eigenvalue weighted by molar-refractivity contribution is -0.113. The molecule has 0 saturated heterocycles. The van der Waals surface area contributed by atoms with Gasteiger partial charge in [-0.25, -0.2) is 4.68 Å². The minimum atomic E-state index is -0.221. The molecule has 0 radical (unpaired) electrons. The van der Waals surface area contributed by atoms with Crippen LogP contribution in [-0.2, 0) is 4.79 Å². The van der Waals surface area contributed by atoms with Crippen LogP contribution in [0, 0.1) is 0 Å². The van der Waals surface area contributed by atoms with Crippen LogP contribution in [0.15, 0.2) is 47.6 Å². The second kappa shape index (κ2) is 9.53. The fourth-order valence-corrected chi connectivity index (χ4v) is 3.42. The summed E-state index contributed by atoms with van der Waals surface area (Å²) in [7, 11) is 1.53. The third kappa shape index (κ3) is 5.12. The first kappa shape index (κ1) is 20.8. The van der Waals surface area contributed by atoms with Gasteiger partial charge in [0.1, 0.15) is 11.5 Å². The summed E-state index contributed by atoms with van der Waals surface area (Å²) < 4.78 is 11.9. The highest BCUT2D eigenvalue weighted by Crippen LogP contribution is 2.28. The van der Waals surface area contributed by atoms with Gasteiger partial charge in [-0.15, -0.1) is 10.2 Å². The Morgan fingerprint density at radius 1 is 1.24 bits per heavy atom. The van der Waals surface area contributed by atoms with E-state index >= 15 is 0 Å². The summed E-state index contributed by atoms with van der Waals surface area (Å²) in [4.78, 5) is 12.2. The summed E-state index contributed by atoms with van der Waals surface area (Å²) in [6.45, 7) is 2.52.